The van der Waals surface area contributed by atoms with Crippen LogP contribution in [0.25, 0.3) is 22.7 Å². The fourth-order valence-electron chi connectivity index (χ4n) is 5.04. The number of hydrogen-bond donors (Lipinski definition) is 0. The molecule has 2 aromatic heterocycles. The number of benzene rings is 3. The van der Waals surface area contributed by atoms with E-state index in [0.29, 0.717) is 45.5 Å². The molecule has 1 aliphatic rings. The summed E-state index contributed by atoms with van der Waals surface area (Å²) in [7, 11) is 0. The van der Waals surface area contributed by atoms with Gasteiger partial charge in [-0.2, -0.15) is 0 Å². The Morgan fingerprint density at radius 2 is 1.80 bits per heavy atom. The molecule has 0 aliphatic heterocycles. The number of hydrogen-bond acceptors (Lipinski definition) is 7. The number of thiazole rings is 1. The molecule has 6 rings (SSSR count). The highest BCUT2D eigenvalue weighted by Gasteiger charge is 2.22. The molecular formula is C31H27F2N3O3S. The van der Waals surface area contributed by atoms with E-state index >= 15 is 0 Å². The Hall–Kier alpha value is -4.11. The molecule has 1 fully saturated rings. The Balaban J connectivity index is 1.22. The molecule has 0 radical (unpaired) electrons. The summed E-state index contributed by atoms with van der Waals surface area (Å²) in [5.74, 6) is -0.284. The predicted molar refractivity (Wildman–Crippen MR) is 151 cm³/mol. The number of carbonyl (C=O) groups excluding carboxylic acids is 1. The molecule has 0 bridgehead atoms. The smallest absolute Gasteiger partial charge is 0.247 e. The average molecular weight is 560 g/mol. The lowest BCUT2D eigenvalue weighted by atomic mass is 9.89. The molecule has 204 valence electrons. The monoisotopic (exact) mass is 559 g/mol. The van der Waals surface area contributed by atoms with Gasteiger partial charge in [0.25, 0.3) is 0 Å². The Bertz CT molecular complexity index is 1630. The van der Waals surface area contributed by atoms with Crippen LogP contribution in [0.4, 0.5) is 19.6 Å². The highest BCUT2D eigenvalue weighted by atomic mass is 32.1. The quantitative estimate of drug-likeness (QED) is 0.169. The lowest BCUT2D eigenvalue weighted by Crippen LogP contribution is -2.26. The fourth-order valence-corrected chi connectivity index (χ4v) is 5.87. The predicted octanol–water partition coefficient (Wildman–Crippen LogP) is 8.34. The molecule has 6 nitrogen and oxygen atoms in total. The second-order valence-electron chi connectivity index (χ2n) is 10.0. The number of halogens is 2. The van der Waals surface area contributed by atoms with Gasteiger partial charge in [-0.05, 0) is 72.9 Å². The van der Waals surface area contributed by atoms with E-state index in [4.69, 9.17) is 14.1 Å². The topological polar surface area (TPSA) is 68.5 Å². The van der Waals surface area contributed by atoms with Gasteiger partial charge in [-0.1, -0.05) is 25.3 Å². The minimum Gasteiger partial charge on any atom is -0.489 e. The summed E-state index contributed by atoms with van der Waals surface area (Å²) in [5.41, 5.74) is 3.99. The Labute approximate surface area is 234 Å². The lowest BCUT2D eigenvalue weighted by molar-refractivity contribution is 0.112. The number of fused-ring (bicyclic) bond motifs is 1. The maximum atomic E-state index is 13.5. The first-order valence-electron chi connectivity index (χ1n) is 13.3. The van der Waals surface area contributed by atoms with Crippen molar-refractivity contribution in [3.8, 4) is 17.3 Å². The van der Waals surface area contributed by atoms with Crippen molar-refractivity contribution in [3.63, 3.8) is 0 Å². The SMILES string of the molecule is O=Cc1ccc(N(CC2CCCCC2)c2nc(-c3nc4ccc(OCc5ccc(F)c(F)c5)cc4o3)cs2)cc1. The summed E-state index contributed by atoms with van der Waals surface area (Å²) in [4.78, 5) is 22.9. The van der Waals surface area contributed by atoms with Crippen LogP contribution in [0.3, 0.4) is 0 Å². The van der Waals surface area contributed by atoms with E-state index < -0.39 is 11.6 Å². The highest BCUT2D eigenvalue weighted by molar-refractivity contribution is 7.14. The lowest BCUT2D eigenvalue weighted by Gasteiger charge is -2.29. The van der Waals surface area contributed by atoms with E-state index in [1.54, 1.807) is 18.2 Å². The van der Waals surface area contributed by atoms with Gasteiger partial charge < -0.3 is 14.1 Å². The van der Waals surface area contributed by atoms with Crippen LogP contribution >= 0.6 is 11.3 Å². The van der Waals surface area contributed by atoms with Crippen LogP contribution in [-0.4, -0.2) is 22.8 Å². The Kier molecular flexibility index (Phi) is 7.55. The number of carbonyl (C=O) groups is 1. The van der Waals surface area contributed by atoms with E-state index in [2.05, 4.69) is 9.88 Å². The van der Waals surface area contributed by atoms with Crippen molar-refractivity contribution in [3.05, 3.63) is 88.8 Å². The standard InChI is InChI=1S/C31H27F2N3O3S/c32-25-12-8-22(14-26(25)33)18-38-24-11-13-27-29(15-24)39-30(34-27)28-19-40-31(35-28)36(16-20-4-2-1-3-5-20)23-9-6-21(17-37)7-10-23/h6-15,17,19-20H,1-5,16,18H2. The van der Waals surface area contributed by atoms with Crippen molar-refractivity contribution >= 4 is 39.5 Å². The first kappa shape index (κ1) is 26.1. The first-order chi connectivity index (χ1) is 19.6. The van der Waals surface area contributed by atoms with E-state index in [9.17, 15) is 13.6 Å². The number of aldehydes is 1. The molecule has 3 aromatic carbocycles. The highest BCUT2D eigenvalue weighted by Crippen LogP contribution is 2.36. The molecule has 0 N–H and O–H groups in total. The minimum absolute atomic E-state index is 0.0871. The van der Waals surface area contributed by atoms with E-state index in [-0.39, 0.29) is 6.61 Å². The summed E-state index contributed by atoms with van der Waals surface area (Å²) in [6.07, 6.45) is 7.05. The molecule has 0 amide bonds. The number of aromatic nitrogens is 2. The molecule has 2 heterocycles. The number of anilines is 2. The maximum Gasteiger partial charge on any atom is 0.247 e. The van der Waals surface area contributed by atoms with Gasteiger partial charge in [0.15, 0.2) is 22.3 Å². The largest absolute Gasteiger partial charge is 0.489 e. The molecule has 9 heteroatoms. The van der Waals surface area contributed by atoms with Gasteiger partial charge in [0.1, 0.15) is 29.9 Å². The molecule has 0 saturated heterocycles. The zero-order valence-electron chi connectivity index (χ0n) is 21.7. The van der Waals surface area contributed by atoms with Crippen molar-refractivity contribution in [2.75, 3.05) is 11.4 Å². The Morgan fingerprint density at radius 1 is 0.975 bits per heavy atom. The van der Waals surface area contributed by atoms with Crippen LogP contribution in [0.15, 0.2) is 70.5 Å². The van der Waals surface area contributed by atoms with Crippen LogP contribution in [-0.2, 0) is 6.61 Å². The van der Waals surface area contributed by atoms with Crippen molar-refractivity contribution in [1.29, 1.82) is 0 Å². The van der Waals surface area contributed by atoms with Crippen LogP contribution in [0, 0.1) is 17.6 Å². The summed E-state index contributed by atoms with van der Waals surface area (Å²) < 4.78 is 38.5. The molecule has 40 heavy (non-hydrogen) atoms. The van der Waals surface area contributed by atoms with Gasteiger partial charge in [0.2, 0.25) is 5.89 Å². The number of rotatable bonds is 9. The van der Waals surface area contributed by atoms with Gasteiger partial charge in [-0.25, -0.2) is 18.7 Å². The van der Waals surface area contributed by atoms with Crippen LogP contribution in [0.1, 0.15) is 48.0 Å². The van der Waals surface area contributed by atoms with E-state index in [0.717, 1.165) is 35.8 Å². The second kappa shape index (κ2) is 11.6. The van der Waals surface area contributed by atoms with E-state index in [1.807, 2.05) is 29.6 Å². The second-order valence-corrected chi connectivity index (χ2v) is 10.9. The van der Waals surface area contributed by atoms with Crippen molar-refractivity contribution < 1.29 is 22.7 Å². The van der Waals surface area contributed by atoms with Crippen LogP contribution in [0.2, 0.25) is 0 Å². The zero-order valence-corrected chi connectivity index (χ0v) is 22.5. The minimum atomic E-state index is -0.908. The maximum absolute atomic E-state index is 13.5. The number of nitrogens with zero attached hydrogens (tertiary/aromatic N) is 3. The van der Waals surface area contributed by atoms with Crippen molar-refractivity contribution in [2.45, 2.75) is 38.7 Å². The fraction of sp³-hybridized carbons (Fsp3) is 0.258. The molecule has 1 aliphatic carbocycles. The third-order valence-corrected chi connectivity index (χ3v) is 8.06. The van der Waals surface area contributed by atoms with Gasteiger partial charge >= 0.3 is 0 Å². The molecule has 0 unspecified atom stereocenters. The van der Waals surface area contributed by atoms with Gasteiger partial charge in [0, 0.05) is 29.2 Å². The van der Waals surface area contributed by atoms with Crippen LogP contribution < -0.4 is 9.64 Å². The molecule has 0 spiro atoms. The van der Waals surface area contributed by atoms with Gasteiger partial charge in [0.05, 0.1) is 0 Å². The van der Waals surface area contributed by atoms with Gasteiger partial charge in [-0.3, -0.25) is 4.79 Å². The average Bonchev–Trinajstić information content (AvgIpc) is 3.64. The summed E-state index contributed by atoms with van der Waals surface area (Å²) in [5, 5.41) is 2.78. The summed E-state index contributed by atoms with van der Waals surface area (Å²) in [6.45, 7) is 0.948. The van der Waals surface area contributed by atoms with Crippen molar-refractivity contribution in [1.82, 2.24) is 9.97 Å². The Morgan fingerprint density at radius 3 is 2.58 bits per heavy atom. The number of ether oxygens (including phenoxy) is 1. The van der Waals surface area contributed by atoms with Crippen LogP contribution in [0.5, 0.6) is 5.75 Å². The summed E-state index contributed by atoms with van der Waals surface area (Å²) in [6, 6.07) is 16.6. The van der Waals surface area contributed by atoms with Crippen molar-refractivity contribution in [2.24, 2.45) is 5.92 Å². The van der Waals surface area contributed by atoms with E-state index in [1.165, 1.54) is 49.5 Å². The normalized spacial score (nSPS) is 13.9. The zero-order chi connectivity index (χ0) is 27.5. The molecule has 5 aromatic rings. The summed E-state index contributed by atoms with van der Waals surface area (Å²) >= 11 is 1.53. The third kappa shape index (κ3) is 5.74. The third-order valence-electron chi connectivity index (χ3n) is 7.20. The number of oxazole rings is 1. The molecule has 1 saturated carbocycles. The first-order valence-corrected chi connectivity index (χ1v) is 14.2. The molecular weight excluding hydrogens is 532 g/mol. The molecule has 0 atom stereocenters. The van der Waals surface area contributed by atoms with Gasteiger partial charge in [-0.15, -0.1) is 11.3 Å².